The molecule has 0 bridgehead atoms. The van der Waals surface area contributed by atoms with Gasteiger partial charge >= 0.3 is 0 Å². The predicted octanol–water partition coefficient (Wildman–Crippen LogP) is 1.83. The predicted molar refractivity (Wildman–Crippen MR) is 65.5 cm³/mol. The summed E-state index contributed by atoms with van der Waals surface area (Å²) in [6.07, 6.45) is 0. The van der Waals surface area contributed by atoms with Crippen LogP contribution in [0.3, 0.4) is 0 Å². The van der Waals surface area contributed by atoms with E-state index in [4.69, 9.17) is 21.1 Å². The van der Waals surface area contributed by atoms with E-state index in [2.05, 4.69) is 9.97 Å². The Morgan fingerprint density at radius 2 is 2.12 bits per heavy atom. The third-order valence-electron chi connectivity index (χ3n) is 2.49. The van der Waals surface area contributed by atoms with Crippen LogP contribution in [0, 0.1) is 0 Å². The molecule has 17 heavy (non-hydrogen) atoms. The van der Waals surface area contributed by atoms with E-state index in [-0.39, 0.29) is 0 Å². The Hall–Kier alpha value is -1.33. The molecule has 0 saturated heterocycles. The minimum absolute atomic E-state index is 0.350. The number of pyridine rings is 1. The molecule has 0 fully saturated rings. The van der Waals surface area contributed by atoms with Gasteiger partial charge in [0.05, 0.1) is 19.6 Å². The van der Waals surface area contributed by atoms with Crippen LogP contribution in [0.1, 0.15) is 5.82 Å². The maximum absolute atomic E-state index is 5.87. The number of methoxy groups -OCH3 is 2. The number of aromatic nitrogens is 3. The Labute approximate surface area is 104 Å². The molecule has 0 amide bonds. The van der Waals surface area contributed by atoms with E-state index in [0.29, 0.717) is 24.9 Å². The summed E-state index contributed by atoms with van der Waals surface area (Å²) >= 11 is 5.87. The molecule has 2 heterocycles. The van der Waals surface area contributed by atoms with E-state index in [1.807, 2.05) is 10.6 Å². The second-order valence-corrected chi connectivity index (χ2v) is 3.77. The quantitative estimate of drug-likeness (QED) is 0.765. The molecule has 0 aliphatic carbocycles. The number of hydrogen-bond donors (Lipinski definition) is 0. The molecule has 0 spiro atoms. The summed E-state index contributed by atoms with van der Waals surface area (Å²) in [6.45, 7) is 1.27. The van der Waals surface area contributed by atoms with Crippen molar-refractivity contribution in [3.05, 3.63) is 18.0 Å². The normalized spacial score (nSPS) is 11.0. The first-order valence-corrected chi connectivity index (χ1v) is 5.78. The van der Waals surface area contributed by atoms with Gasteiger partial charge in [0.25, 0.3) is 0 Å². The maximum atomic E-state index is 5.87. The van der Waals surface area contributed by atoms with Crippen molar-refractivity contribution >= 4 is 22.8 Å². The minimum Gasteiger partial charge on any atom is -0.481 e. The second-order valence-electron chi connectivity index (χ2n) is 3.50. The topological polar surface area (TPSA) is 49.2 Å². The Balaban J connectivity index is 2.50. The van der Waals surface area contributed by atoms with Crippen LogP contribution in [-0.2, 0) is 17.2 Å². The molecule has 0 atom stereocenters. The van der Waals surface area contributed by atoms with E-state index in [0.717, 1.165) is 17.0 Å². The van der Waals surface area contributed by atoms with Crippen molar-refractivity contribution in [2.45, 2.75) is 12.4 Å². The van der Waals surface area contributed by atoms with Gasteiger partial charge in [-0.1, -0.05) is 0 Å². The van der Waals surface area contributed by atoms with Crippen molar-refractivity contribution in [3.8, 4) is 5.88 Å². The zero-order chi connectivity index (χ0) is 12.3. The lowest BCUT2D eigenvalue weighted by Gasteiger charge is -2.06. The lowest BCUT2D eigenvalue weighted by molar-refractivity contribution is 0.187. The first-order valence-electron chi connectivity index (χ1n) is 5.25. The zero-order valence-electron chi connectivity index (χ0n) is 9.81. The van der Waals surface area contributed by atoms with Gasteiger partial charge in [-0.05, 0) is 6.07 Å². The van der Waals surface area contributed by atoms with Crippen LogP contribution < -0.4 is 4.74 Å². The van der Waals surface area contributed by atoms with Crippen LogP contribution in [-0.4, -0.2) is 35.4 Å². The third-order valence-corrected chi connectivity index (χ3v) is 2.73. The van der Waals surface area contributed by atoms with Gasteiger partial charge in [-0.2, -0.15) is 4.98 Å². The van der Waals surface area contributed by atoms with Gasteiger partial charge in [0.15, 0.2) is 5.65 Å². The van der Waals surface area contributed by atoms with E-state index in [9.17, 15) is 0 Å². The highest BCUT2D eigenvalue weighted by molar-refractivity contribution is 6.16. The molecule has 0 unspecified atom stereocenters. The average Bonchev–Trinajstić information content (AvgIpc) is 2.73. The first-order chi connectivity index (χ1) is 8.30. The first kappa shape index (κ1) is 12.1. The minimum atomic E-state index is 0.350. The third kappa shape index (κ3) is 2.35. The fraction of sp³-hybridized carbons (Fsp3) is 0.455. The van der Waals surface area contributed by atoms with E-state index < -0.39 is 0 Å². The van der Waals surface area contributed by atoms with Crippen LogP contribution in [0.5, 0.6) is 5.88 Å². The largest absolute Gasteiger partial charge is 0.481 e. The summed E-state index contributed by atoms with van der Waals surface area (Å²) in [5.74, 6) is 1.71. The Bertz CT molecular complexity index is 513. The molecule has 2 aromatic rings. The summed E-state index contributed by atoms with van der Waals surface area (Å²) in [4.78, 5) is 8.80. The Kier molecular flexibility index (Phi) is 3.81. The number of nitrogens with zero attached hydrogens (tertiary/aromatic N) is 3. The number of ether oxygens (including phenoxy) is 2. The molecule has 0 aromatic carbocycles. The fourth-order valence-electron chi connectivity index (χ4n) is 1.66. The molecular weight excluding hydrogens is 242 g/mol. The van der Waals surface area contributed by atoms with E-state index in [1.54, 1.807) is 20.3 Å². The van der Waals surface area contributed by atoms with Crippen molar-refractivity contribution in [1.29, 1.82) is 0 Å². The molecule has 0 aliphatic rings. The molecule has 5 nitrogen and oxygen atoms in total. The van der Waals surface area contributed by atoms with Crippen LogP contribution in [0.2, 0.25) is 0 Å². The fourth-order valence-corrected chi connectivity index (χ4v) is 1.87. The Morgan fingerprint density at radius 3 is 2.76 bits per heavy atom. The van der Waals surface area contributed by atoms with E-state index in [1.165, 1.54) is 0 Å². The molecule has 6 heteroatoms. The molecule has 92 valence electrons. The smallest absolute Gasteiger partial charge is 0.215 e. The van der Waals surface area contributed by atoms with Gasteiger partial charge in [-0.25, -0.2) is 4.98 Å². The van der Waals surface area contributed by atoms with Crippen LogP contribution in [0.4, 0.5) is 0 Å². The van der Waals surface area contributed by atoms with Crippen molar-refractivity contribution < 1.29 is 9.47 Å². The number of imidazole rings is 1. The van der Waals surface area contributed by atoms with Crippen molar-refractivity contribution in [1.82, 2.24) is 14.5 Å². The highest BCUT2D eigenvalue weighted by atomic mass is 35.5. The molecule has 0 radical (unpaired) electrons. The van der Waals surface area contributed by atoms with Crippen LogP contribution in [0.15, 0.2) is 12.1 Å². The molecule has 0 saturated carbocycles. The molecule has 0 aliphatic heterocycles. The second kappa shape index (κ2) is 5.33. The van der Waals surface area contributed by atoms with Crippen LogP contribution in [0.25, 0.3) is 11.2 Å². The average molecular weight is 256 g/mol. The SMILES string of the molecule is COCCn1c(CCl)nc2ccc(OC)nc21. The number of halogens is 1. The Morgan fingerprint density at radius 1 is 1.29 bits per heavy atom. The highest BCUT2D eigenvalue weighted by Gasteiger charge is 2.11. The zero-order valence-corrected chi connectivity index (χ0v) is 10.6. The van der Waals surface area contributed by atoms with Gasteiger partial charge in [0.1, 0.15) is 11.3 Å². The number of alkyl halides is 1. The van der Waals surface area contributed by atoms with Gasteiger partial charge in [0, 0.05) is 19.7 Å². The van der Waals surface area contributed by atoms with Gasteiger partial charge in [-0.15, -0.1) is 11.6 Å². The summed E-state index contributed by atoms with van der Waals surface area (Å²) in [5, 5.41) is 0. The number of fused-ring (bicyclic) bond motifs is 1. The van der Waals surface area contributed by atoms with Crippen molar-refractivity contribution in [2.75, 3.05) is 20.8 Å². The monoisotopic (exact) mass is 255 g/mol. The van der Waals surface area contributed by atoms with Crippen molar-refractivity contribution in [3.63, 3.8) is 0 Å². The molecular formula is C11H14ClN3O2. The molecule has 2 aromatic heterocycles. The van der Waals surface area contributed by atoms with Gasteiger partial charge < -0.3 is 14.0 Å². The lowest BCUT2D eigenvalue weighted by Crippen LogP contribution is -2.08. The van der Waals surface area contributed by atoms with Crippen molar-refractivity contribution in [2.24, 2.45) is 0 Å². The number of rotatable bonds is 5. The number of hydrogen-bond acceptors (Lipinski definition) is 4. The summed E-state index contributed by atoms with van der Waals surface area (Å²) < 4.78 is 12.1. The summed E-state index contributed by atoms with van der Waals surface area (Å²) in [6, 6.07) is 3.66. The maximum Gasteiger partial charge on any atom is 0.215 e. The van der Waals surface area contributed by atoms with E-state index >= 15 is 0 Å². The summed E-state index contributed by atoms with van der Waals surface area (Å²) in [5.41, 5.74) is 1.59. The standard InChI is InChI=1S/C11H14ClN3O2/c1-16-6-5-15-9(7-12)13-8-3-4-10(17-2)14-11(8)15/h3-4H,5-7H2,1-2H3. The van der Waals surface area contributed by atoms with Crippen LogP contribution >= 0.6 is 11.6 Å². The molecule has 2 rings (SSSR count). The highest BCUT2D eigenvalue weighted by Crippen LogP contribution is 2.19. The van der Waals surface area contributed by atoms with Gasteiger partial charge in [0.2, 0.25) is 5.88 Å². The summed E-state index contributed by atoms with van der Waals surface area (Å²) in [7, 11) is 3.25. The van der Waals surface area contributed by atoms with Gasteiger partial charge in [-0.3, -0.25) is 0 Å². The lowest BCUT2D eigenvalue weighted by atomic mass is 10.4. The molecule has 0 N–H and O–H groups in total.